The first-order chi connectivity index (χ1) is 14.0. The van der Waals surface area contributed by atoms with Crippen LogP contribution in [-0.2, 0) is 13.6 Å². The van der Waals surface area contributed by atoms with Crippen LogP contribution < -0.4 is 5.56 Å². The van der Waals surface area contributed by atoms with Crippen molar-refractivity contribution in [2.24, 2.45) is 13.0 Å². The molecule has 29 heavy (non-hydrogen) atoms. The molecule has 1 amide bonds. The van der Waals surface area contributed by atoms with E-state index >= 15 is 0 Å². The maximum atomic E-state index is 12.7. The quantitative estimate of drug-likeness (QED) is 0.677. The van der Waals surface area contributed by atoms with Crippen molar-refractivity contribution in [1.29, 1.82) is 0 Å². The zero-order valence-corrected chi connectivity index (χ0v) is 16.7. The van der Waals surface area contributed by atoms with E-state index in [1.165, 1.54) is 0 Å². The van der Waals surface area contributed by atoms with E-state index in [1.54, 1.807) is 33.9 Å². The number of rotatable bonds is 4. The van der Waals surface area contributed by atoms with Crippen molar-refractivity contribution in [3.63, 3.8) is 0 Å². The molecule has 8 heteroatoms. The lowest BCUT2D eigenvalue weighted by atomic mass is 9.96. The molecule has 3 aromatic heterocycles. The maximum Gasteiger partial charge on any atom is 0.274 e. The molecule has 0 radical (unpaired) electrons. The molecule has 1 saturated heterocycles. The van der Waals surface area contributed by atoms with Gasteiger partial charge in [-0.2, -0.15) is 10.2 Å². The SMILES string of the molecule is Cc1cc(C(=O)N2CCC(Cn3nc(-c4ccncc4)ccc3=O)CC2)nn1C. The summed E-state index contributed by atoms with van der Waals surface area (Å²) in [4.78, 5) is 30.8. The summed E-state index contributed by atoms with van der Waals surface area (Å²) in [7, 11) is 1.84. The van der Waals surface area contributed by atoms with Crippen LogP contribution >= 0.6 is 0 Å². The van der Waals surface area contributed by atoms with Crippen molar-refractivity contribution < 1.29 is 4.79 Å². The zero-order chi connectivity index (χ0) is 20.4. The molecule has 0 atom stereocenters. The van der Waals surface area contributed by atoms with Crippen molar-refractivity contribution in [2.45, 2.75) is 26.3 Å². The molecular formula is C21H24N6O2. The van der Waals surface area contributed by atoms with E-state index in [9.17, 15) is 9.59 Å². The van der Waals surface area contributed by atoms with Gasteiger partial charge in [0.15, 0.2) is 5.69 Å². The molecule has 0 bridgehead atoms. The van der Waals surface area contributed by atoms with E-state index < -0.39 is 0 Å². The summed E-state index contributed by atoms with van der Waals surface area (Å²) in [5.41, 5.74) is 3.03. The number of carbonyl (C=O) groups excluding carboxylic acids is 1. The summed E-state index contributed by atoms with van der Waals surface area (Å²) in [6.07, 6.45) is 5.10. The Morgan fingerprint density at radius 3 is 2.48 bits per heavy atom. The fraction of sp³-hybridized carbons (Fsp3) is 0.381. The Balaban J connectivity index is 1.41. The van der Waals surface area contributed by atoms with Gasteiger partial charge in [-0.05, 0) is 49.9 Å². The summed E-state index contributed by atoms with van der Waals surface area (Å²) in [5, 5.41) is 8.82. The summed E-state index contributed by atoms with van der Waals surface area (Å²) >= 11 is 0. The Bertz CT molecular complexity index is 1040. The lowest BCUT2D eigenvalue weighted by Crippen LogP contribution is -2.40. The number of hydrogen-bond donors (Lipinski definition) is 0. The van der Waals surface area contributed by atoms with Gasteiger partial charge >= 0.3 is 0 Å². The molecule has 150 valence electrons. The van der Waals surface area contributed by atoms with Crippen LogP contribution in [0.5, 0.6) is 0 Å². The standard InChI is InChI=1S/C21H24N6O2/c1-15-13-19(23-25(15)2)21(29)26-11-7-16(8-12-26)14-27-20(28)4-3-18(24-27)17-5-9-22-10-6-17/h3-6,9-10,13,16H,7-8,11-12,14H2,1-2H3. The molecule has 0 N–H and O–H groups in total. The molecule has 1 aliphatic rings. The number of pyridine rings is 1. The summed E-state index contributed by atoms with van der Waals surface area (Å²) in [6.45, 7) is 3.82. The summed E-state index contributed by atoms with van der Waals surface area (Å²) in [5.74, 6) is 0.282. The van der Waals surface area contributed by atoms with Crippen LogP contribution in [0.25, 0.3) is 11.3 Å². The number of nitrogens with zero attached hydrogens (tertiary/aromatic N) is 6. The number of amides is 1. The Hall–Kier alpha value is -3.29. The molecule has 4 rings (SSSR count). The van der Waals surface area contributed by atoms with Crippen LogP contribution in [0.3, 0.4) is 0 Å². The average molecular weight is 392 g/mol. The van der Waals surface area contributed by atoms with Gasteiger partial charge in [0.1, 0.15) is 0 Å². The molecule has 0 aliphatic carbocycles. The number of hydrogen-bond acceptors (Lipinski definition) is 5. The van der Waals surface area contributed by atoms with Crippen molar-refractivity contribution >= 4 is 5.91 Å². The minimum Gasteiger partial charge on any atom is -0.337 e. The van der Waals surface area contributed by atoms with Gasteiger partial charge in [-0.3, -0.25) is 19.3 Å². The average Bonchev–Trinajstić information content (AvgIpc) is 3.09. The van der Waals surface area contributed by atoms with Crippen LogP contribution in [0.4, 0.5) is 0 Å². The van der Waals surface area contributed by atoms with E-state index in [0.717, 1.165) is 29.8 Å². The number of aromatic nitrogens is 5. The molecule has 3 aromatic rings. The highest BCUT2D eigenvalue weighted by Crippen LogP contribution is 2.21. The van der Waals surface area contributed by atoms with E-state index in [1.807, 2.05) is 37.1 Å². The lowest BCUT2D eigenvalue weighted by Gasteiger charge is -2.31. The fourth-order valence-corrected chi connectivity index (χ4v) is 3.65. The van der Waals surface area contributed by atoms with Gasteiger partial charge in [-0.1, -0.05) is 0 Å². The summed E-state index contributed by atoms with van der Waals surface area (Å²) < 4.78 is 3.26. The molecule has 8 nitrogen and oxygen atoms in total. The molecule has 0 saturated carbocycles. The predicted octanol–water partition coefficient (Wildman–Crippen LogP) is 1.90. The molecule has 1 fully saturated rings. The zero-order valence-electron chi connectivity index (χ0n) is 16.7. The predicted molar refractivity (Wildman–Crippen MR) is 108 cm³/mol. The van der Waals surface area contributed by atoms with E-state index in [0.29, 0.717) is 31.2 Å². The first-order valence-corrected chi connectivity index (χ1v) is 9.80. The molecule has 4 heterocycles. The van der Waals surface area contributed by atoms with Crippen molar-refractivity contribution in [1.82, 2.24) is 29.4 Å². The van der Waals surface area contributed by atoms with Crippen molar-refractivity contribution in [2.75, 3.05) is 13.1 Å². The maximum absolute atomic E-state index is 12.7. The molecule has 0 spiro atoms. The van der Waals surface area contributed by atoms with Gasteiger partial charge in [0.25, 0.3) is 11.5 Å². The second-order valence-corrected chi connectivity index (χ2v) is 7.50. The third-order valence-electron chi connectivity index (χ3n) is 5.51. The topological polar surface area (TPSA) is 85.9 Å². The molecule has 0 aromatic carbocycles. The number of carbonyl (C=O) groups is 1. The first kappa shape index (κ1) is 19.0. The van der Waals surface area contributed by atoms with Gasteiger partial charge in [-0.25, -0.2) is 4.68 Å². The molecule has 0 unspecified atom stereocenters. The van der Waals surface area contributed by atoms with Crippen LogP contribution in [0, 0.1) is 12.8 Å². The van der Waals surface area contributed by atoms with Crippen molar-refractivity contribution in [3.05, 3.63) is 64.5 Å². The normalized spacial score (nSPS) is 14.9. The first-order valence-electron chi connectivity index (χ1n) is 9.80. The highest BCUT2D eigenvalue weighted by Gasteiger charge is 2.26. The third-order valence-corrected chi connectivity index (χ3v) is 5.51. The van der Waals surface area contributed by atoms with Gasteiger partial charge in [0, 0.05) is 56.4 Å². The largest absolute Gasteiger partial charge is 0.337 e. The van der Waals surface area contributed by atoms with E-state index in [4.69, 9.17) is 0 Å². The Morgan fingerprint density at radius 1 is 1.10 bits per heavy atom. The summed E-state index contributed by atoms with van der Waals surface area (Å²) in [6, 6.07) is 8.87. The van der Waals surface area contributed by atoms with Crippen LogP contribution in [-0.4, -0.2) is 48.4 Å². The van der Waals surface area contributed by atoms with E-state index in [2.05, 4.69) is 15.2 Å². The van der Waals surface area contributed by atoms with Crippen LogP contribution in [0.15, 0.2) is 47.5 Å². The number of aryl methyl sites for hydroxylation is 2. The molecule has 1 aliphatic heterocycles. The highest BCUT2D eigenvalue weighted by atomic mass is 16.2. The number of piperidine rings is 1. The van der Waals surface area contributed by atoms with Gasteiger partial charge in [0.2, 0.25) is 0 Å². The Kier molecular flexibility index (Phi) is 5.24. The minimum atomic E-state index is -0.106. The second-order valence-electron chi connectivity index (χ2n) is 7.50. The van der Waals surface area contributed by atoms with Crippen LogP contribution in [0.2, 0.25) is 0 Å². The lowest BCUT2D eigenvalue weighted by molar-refractivity contribution is 0.0674. The Labute approximate surface area is 168 Å². The van der Waals surface area contributed by atoms with E-state index in [-0.39, 0.29) is 11.5 Å². The minimum absolute atomic E-state index is 0.0258. The van der Waals surface area contributed by atoms with Gasteiger partial charge in [-0.15, -0.1) is 0 Å². The fourth-order valence-electron chi connectivity index (χ4n) is 3.65. The molecular weight excluding hydrogens is 368 g/mol. The third kappa shape index (κ3) is 4.11. The number of likely N-dealkylation sites (tertiary alicyclic amines) is 1. The smallest absolute Gasteiger partial charge is 0.274 e. The highest BCUT2D eigenvalue weighted by molar-refractivity contribution is 5.92. The second kappa shape index (κ2) is 7.98. The van der Waals surface area contributed by atoms with Crippen molar-refractivity contribution in [3.8, 4) is 11.3 Å². The van der Waals surface area contributed by atoms with Crippen LogP contribution in [0.1, 0.15) is 29.0 Å². The Morgan fingerprint density at radius 2 is 1.83 bits per heavy atom. The monoisotopic (exact) mass is 392 g/mol. The van der Waals surface area contributed by atoms with Gasteiger partial charge in [0.05, 0.1) is 5.69 Å². The van der Waals surface area contributed by atoms with Gasteiger partial charge < -0.3 is 4.90 Å².